The molecule has 0 saturated heterocycles. The van der Waals surface area contributed by atoms with E-state index in [0.29, 0.717) is 5.69 Å². The zero-order chi connectivity index (χ0) is 13.4. The highest BCUT2D eigenvalue weighted by Gasteiger charge is 2.09. The highest BCUT2D eigenvalue weighted by atomic mass is 16.5. The predicted molar refractivity (Wildman–Crippen MR) is 76.8 cm³/mol. The van der Waals surface area contributed by atoms with Gasteiger partial charge >= 0.3 is 0 Å². The molecule has 0 spiro atoms. The molecular formula is C15H15N3O. The van der Waals surface area contributed by atoms with Crippen LogP contribution in [0.1, 0.15) is 5.56 Å². The molecular weight excluding hydrogens is 238 g/mol. The van der Waals surface area contributed by atoms with Crippen LogP contribution in [0.3, 0.4) is 0 Å². The number of anilines is 1. The Labute approximate surface area is 111 Å². The third-order valence-corrected chi connectivity index (χ3v) is 3.17. The summed E-state index contributed by atoms with van der Waals surface area (Å²) in [6.07, 6.45) is 1.79. The molecule has 3 rings (SSSR count). The van der Waals surface area contributed by atoms with E-state index in [1.165, 1.54) is 5.56 Å². The maximum absolute atomic E-state index is 5.78. The fourth-order valence-electron chi connectivity index (χ4n) is 2.21. The van der Waals surface area contributed by atoms with Gasteiger partial charge in [-0.1, -0.05) is 6.07 Å². The molecule has 0 saturated carbocycles. The number of ether oxygens (including phenoxy) is 1. The molecule has 19 heavy (non-hydrogen) atoms. The van der Waals surface area contributed by atoms with E-state index in [1.54, 1.807) is 13.4 Å². The van der Waals surface area contributed by atoms with Crippen molar-refractivity contribution in [2.75, 3.05) is 12.8 Å². The number of nitrogens with two attached hydrogens (primary N) is 1. The first-order chi connectivity index (χ1) is 9.19. The van der Waals surface area contributed by atoms with Crippen LogP contribution in [0.15, 0.2) is 42.7 Å². The number of nitrogen functional groups attached to an aromatic ring is 1. The van der Waals surface area contributed by atoms with E-state index in [2.05, 4.69) is 18.0 Å². The number of aromatic nitrogens is 2. The van der Waals surface area contributed by atoms with Gasteiger partial charge in [0.25, 0.3) is 0 Å². The van der Waals surface area contributed by atoms with Crippen molar-refractivity contribution in [3.63, 3.8) is 0 Å². The average molecular weight is 253 g/mol. The minimum absolute atomic E-state index is 0.717. The van der Waals surface area contributed by atoms with Crippen LogP contribution in [0.5, 0.6) is 5.75 Å². The minimum atomic E-state index is 0.717. The molecule has 0 aliphatic heterocycles. The maximum atomic E-state index is 5.78. The number of hydrogen-bond donors (Lipinski definition) is 1. The summed E-state index contributed by atoms with van der Waals surface area (Å²) in [7, 11) is 1.67. The van der Waals surface area contributed by atoms with Gasteiger partial charge in [0.15, 0.2) is 0 Å². The normalized spacial score (nSPS) is 10.8. The smallest absolute Gasteiger partial charge is 0.142 e. The molecule has 96 valence electrons. The predicted octanol–water partition coefficient (Wildman–Crippen LogP) is 2.92. The number of aryl methyl sites for hydroxylation is 1. The van der Waals surface area contributed by atoms with Gasteiger partial charge < -0.3 is 10.5 Å². The molecule has 4 heteroatoms. The summed E-state index contributed by atoms with van der Waals surface area (Å²) in [6.45, 7) is 2.06. The Morgan fingerprint density at radius 2 is 2.00 bits per heavy atom. The van der Waals surface area contributed by atoms with E-state index in [9.17, 15) is 0 Å². The molecule has 1 aromatic heterocycles. The topological polar surface area (TPSA) is 53.1 Å². The van der Waals surface area contributed by atoms with Crippen molar-refractivity contribution < 1.29 is 4.74 Å². The van der Waals surface area contributed by atoms with E-state index >= 15 is 0 Å². The Morgan fingerprint density at radius 1 is 1.16 bits per heavy atom. The van der Waals surface area contributed by atoms with Crippen LogP contribution in [0.2, 0.25) is 0 Å². The summed E-state index contributed by atoms with van der Waals surface area (Å²) in [5, 5.41) is 0. The van der Waals surface area contributed by atoms with Crippen LogP contribution < -0.4 is 10.5 Å². The van der Waals surface area contributed by atoms with E-state index < -0.39 is 0 Å². The van der Waals surface area contributed by atoms with E-state index in [0.717, 1.165) is 22.5 Å². The maximum Gasteiger partial charge on any atom is 0.142 e. The van der Waals surface area contributed by atoms with E-state index in [4.69, 9.17) is 10.5 Å². The SMILES string of the molecule is COc1ccc(C)cc1-n1cnc2cc(N)ccc21. The van der Waals surface area contributed by atoms with Crippen molar-refractivity contribution >= 4 is 16.7 Å². The highest BCUT2D eigenvalue weighted by Crippen LogP contribution is 2.27. The third-order valence-electron chi connectivity index (χ3n) is 3.17. The second-order valence-electron chi connectivity index (χ2n) is 4.54. The van der Waals surface area contributed by atoms with Crippen molar-refractivity contribution in [3.05, 3.63) is 48.3 Å². The monoisotopic (exact) mass is 253 g/mol. The number of hydrogen-bond acceptors (Lipinski definition) is 3. The van der Waals surface area contributed by atoms with Crippen LogP contribution in [-0.4, -0.2) is 16.7 Å². The number of imidazole rings is 1. The molecule has 0 aliphatic rings. The van der Waals surface area contributed by atoms with Crippen LogP contribution in [-0.2, 0) is 0 Å². The number of methoxy groups -OCH3 is 1. The van der Waals surface area contributed by atoms with E-state index in [-0.39, 0.29) is 0 Å². The van der Waals surface area contributed by atoms with Gasteiger partial charge in [-0.2, -0.15) is 0 Å². The molecule has 3 aromatic rings. The fourth-order valence-corrected chi connectivity index (χ4v) is 2.21. The molecule has 0 unspecified atom stereocenters. The third kappa shape index (κ3) is 1.91. The van der Waals surface area contributed by atoms with Crippen molar-refractivity contribution in [3.8, 4) is 11.4 Å². The summed E-state index contributed by atoms with van der Waals surface area (Å²) in [5.41, 5.74) is 10.5. The molecule has 2 N–H and O–H groups in total. The molecule has 0 bridgehead atoms. The van der Waals surface area contributed by atoms with Gasteiger partial charge in [-0.3, -0.25) is 4.57 Å². The summed E-state index contributed by atoms with van der Waals surface area (Å²) < 4.78 is 7.44. The van der Waals surface area contributed by atoms with Gasteiger partial charge in [-0.25, -0.2) is 4.98 Å². The Bertz CT molecular complexity index is 746. The van der Waals surface area contributed by atoms with Crippen molar-refractivity contribution in [2.24, 2.45) is 0 Å². The van der Waals surface area contributed by atoms with Crippen LogP contribution in [0.25, 0.3) is 16.7 Å². The summed E-state index contributed by atoms with van der Waals surface area (Å²) >= 11 is 0. The van der Waals surface area contributed by atoms with Crippen LogP contribution in [0.4, 0.5) is 5.69 Å². The summed E-state index contributed by atoms with van der Waals surface area (Å²) in [6, 6.07) is 11.8. The Morgan fingerprint density at radius 3 is 2.79 bits per heavy atom. The lowest BCUT2D eigenvalue weighted by atomic mass is 10.2. The largest absolute Gasteiger partial charge is 0.495 e. The summed E-state index contributed by atoms with van der Waals surface area (Å²) in [4.78, 5) is 4.39. The van der Waals surface area contributed by atoms with Gasteiger partial charge in [-0.05, 0) is 42.8 Å². The van der Waals surface area contributed by atoms with Crippen LogP contribution >= 0.6 is 0 Å². The fraction of sp³-hybridized carbons (Fsp3) is 0.133. The molecule has 4 nitrogen and oxygen atoms in total. The highest BCUT2D eigenvalue weighted by molar-refractivity contribution is 5.81. The molecule has 0 fully saturated rings. The molecule has 2 aromatic carbocycles. The first-order valence-corrected chi connectivity index (χ1v) is 6.06. The van der Waals surface area contributed by atoms with Gasteiger partial charge in [0.2, 0.25) is 0 Å². The van der Waals surface area contributed by atoms with Crippen molar-refractivity contribution in [1.29, 1.82) is 0 Å². The second kappa shape index (κ2) is 4.31. The molecule has 0 aliphatic carbocycles. The van der Waals surface area contributed by atoms with Gasteiger partial charge in [0.1, 0.15) is 12.1 Å². The lowest BCUT2D eigenvalue weighted by Crippen LogP contribution is -1.97. The van der Waals surface area contributed by atoms with Gasteiger partial charge in [-0.15, -0.1) is 0 Å². The first-order valence-electron chi connectivity index (χ1n) is 6.06. The molecule has 0 radical (unpaired) electrons. The Balaban J connectivity index is 2.27. The lowest BCUT2D eigenvalue weighted by Gasteiger charge is -2.11. The van der Waals surface area contributed by atoms with E-state index in [1.807, 2.05) is 34.9 Å². The molecule has 1 heterocycles. The first kappa shape index (κ1) is 11.6. The van der Waals surface area contributed by atoms with Crippen molar-refractivity contribution in [2.45, 2.75) is 6.92 Å². The van der Waals surface area contributed by atoms with Gasteiger partial charge in [0, 0.05) is 5.69 Å². The van der Waals surface area contributed by atoms with Gasteiger partial charge in [0.05, 0.1) is 23.8 Å². The number of nitrogens with zero attached hydrogens (tertiary/aromatic N) is 2. The summed E-state index contributed by atoms with van der Waals surface area (Å²) in [5.74, 6) is 0.821. The quantitative estimate of drug-likeness (QED) is 0.714. The Kier molecular flexibility index (Phi) is 2.63. The number of rotatable bonds is 2. The van der Waals surface area contributed by atoms with Crippen molar-refractivity contribution in [1.82, 2.24) is 9.55 Å². The minimum Gasteiger partial charge on any atom is -0.495 e. The number of fused-ring (bicyclic) bond motifs is 1. The van der Waals surface area contributed by atoms with Crippen LogP contribution in [0, 0.1) is 6.92 Å². The molecule has 0 atom stereocenters. The Hall–Kier alpha value is -2.49. The second-order valence-corrected chi connectivity index (χ2v) is 4.54. The lowest BCUT2D eigenvalue weighted by molar-refractivity contribution is 0.413. The zero-order valence-electron chi connectivity index (χ0n) is 10.9. The zero-order valence-corrected chi connectivity index (χ0v) is 10.9. The molecule has 0 amide bonds. The standard InChI is InChI=1S/C15H15N3O/c1-10-3-6-15(19-2)14(7-10)18-9-17-12-8-11(16)4-5-13(12)18/h3-9H,16H2,1-2H3. The number of benzene rings is 2. The average Bonchev–Trinajstić information content (AvgIpc) is 2.81.